The van der Waals surface area contributed by atoms with E-state index in [2.05, 4.69) is 27.4 Å². The number of hydrogen-bond acceptors (Lipinski definition) is 6. The number of fused-ring (bicyclic) bond motifs is 5. The van der Waals surface area contributed by atoms with Crippen molar-refractivity contribution in [2.75, 3.05) is 6.61 Å². The number of carbonyl (C=O) groups excluding carboxylic acids is 1. The van der Waals surface area contributed by atoms with Crippen molar-refractivity contribution in [3.8, 4) is 0 Å². The molecule has 3 aliphatic carbocycles. The fraction of sp³-hybridized carbons (Fsp3) is 0.885. The Kier molecular flexibility index (Phi) is 6.96. The monoisotopic (exact) mass is 450 g/mol. The van der Waals surface area contributed by atoms with E-state index in [1.165, 1.54) is 0 Å². The highest BCUT2D eigenvalue weighted by molar-refractivity contribution is 5.69. The average Bonchev–Trinajstić information content (AvgIpc) is 3.09. The van der Waals surface area contributed by atoms with Crippen LogP contribution in [-0.4, -0.2) is 42.1 Å². The Labute approximate surface area is 192 Å². The molecule has 0 bridgehead atoms. The van der Waals surface area contributed by atoms with Gasteiger partial charge in [0.25, 0.3) is 0 Å². The molecule has 1 N–H and O–H groups in total. The number of carbonyl (C=O) groups is 1. The Bertz CT molecular complexity index is 708. The maximum Gasteiger partial charge on any atom is 0.305 e. The second-order valence-electron chi connectivity index (χ2n) is 11.2. The van der Waals surface area contributed by atoms with Crippen LogP contribution in [0.15, 0.2) is 12.3 Å². The van der Waals surface area contributed by atoms with Crippen molar-refractivity contribution >= 4 is 5.97 Å². The van der Waals surface area contributed by atoms with Gasteiger partial charge in [-0.1, -0.05) is 34.3 Å². The molecule has 1 heterocycles. The number of aliphatic hydroxyl groups excluding tert-OH is 1. The van der Waals surface area contributed by atoms with Crippen LogP contribution in [0.1, 0.15) is 85.5 Å². The third-order valence-corrected chi connectivity index (χ3v) is 9.21. The van der Waals surface area contributed by atoms with E-state index < -0.39 is 6.10 Å². The fourth-order valence-electron chi connectivity index (χ4n) is 7.30. The highest BCUT2D eigenvalue weighted by Crippen LogP contribution is 2.62. The van der Waals surface area contributed by atoms with Crippen molar-refractivity contribution < 1.29 is 29.1 Å². The number of esters is 1. The van der Waals surface area contributed by atoms with Gasteiger partial charge in [-0.25, -0.2) is 0 Å². The van der Waals surface area contributed by atoms with Crippen LogP contribution >= 0.6 is 0 Å². The lowest BCUT2D eigenvalue weighted by atomic mass is 9.50. The largest absolute Gasteiger partial charge is 0.462 e. The molecule has 9 atom stereocenters. The standard InChI is InChI=1S/C26H42O6/c1-6-8-16(3)31-32-18-11-12-25(4)17(13-18)14-20(27)23-19-9-10-21(30-22(28)7-2)26(19,5)15-29-24(23)25/h17-21,23-24,27H,3,6-15H2,1-2,4-5H3/t17?,18-,19?,20?,21-,23?,24?,25-,26-/m0/s1. The molecule has 32 heavy (non-hydrogen) atoms. The Morgan fingerprint density at radius 1 is 1.16 bits per heavy atom. The SMILES string of the molecule is C=C(CCC)OO[C@H]1CC[C@@]2(C)C(CC(O)C3C2OC[C@@]2(C)C3CC[C@@H]2OC(=O)CC)C1. The minimum absolute atomic E-state index is 0.0176. The van der Waals surface area contributed by atoms with Crippen LogP contribution in [0.4, 0.5) is 0 Å². The van der Waals surface area contributed by atoms with Gasteiger partial charge in [0.15, 0.2) is 0 Å². The smallest absolute Gasteiger partial charge is 0.305 e. The van der Waals surface area contributed by atoms with Crippen molar-refractivity contribution in [2.45, 2.75) is 110 Å². The first-order valence-electron chi connectivity index (χ1n) is 12.7. The van der Waals surface area contributed by atoms with Gasteiger partial charge in [0.05, 0.1) is 18.8 Å². The van der Waals surface area contributed by atoms with Crippen LogP contribution in [0.3, 0.4) is 0 Å². The van der Waals surface area contributed by atoms with Crippen LogP contribution < -0.4 is 0 Å². The molecule has 1 aliphatic heterocycles. The Hall–Kier alpha value is -1.11. The first kappa shape index (κ1) is 24.0. The molecule has 0 amide bonds. The number of hydrogen-bond donors (Lipinski definition) is 1. The van der Waals surface area contributed by atoms with Crippen molar-refractivity contribution in [1.29, 1.82) is 0 Å². The van der Waals surface area contributed by atoms with E-state index in [0.717, 1.165) is 51.4 Å². The highest BCUT2D eigenvalue weighted by atomic mass is 17.2. The van der Waals surface area contributed by atoms with E-state index in [4.69, 9.17) is 19.2 Å². The van der Waals surface area contributed by atoms with Crippen LogP contribution in [-0.2, 0) is 24.0 Å². The number of aliphatic hydroxyl groups is 1. The molecule has 3 saturated carbocycles. The molecular formula is C26H42O6. The number of allylic oxidation sites excluding steroid dienone is 1. The molecule has 0 spiro atoms. The van der Waals surface area contributed by atoms with Gasteiger partial charge in [0.1, 0.15) is 18.0 Å². The van der Waals surface area contributed by atoms with E-state index in [9.17, 15) is 9.90 Å². The second-order valence-corrected chi connectivity index (χ2v) is 11.2. The summed E-state index contributed by atoms with van der Waals surface area (Å²) in [7, 11) is 0. The summed E-state index contributed by atoms with van der Waals surface area (Å²) in [6.07, 6.45) is 7.14. The quantitative estimate of drug-likeness (QED) is 0.256. The van der Waals surface area contributed by atoms with Crippen molar-refractivity contribution in [1.82, 2.24) is 0 Å². The lowest BCUT2D eigenvalue weighted by Crippen LogP contribution is -2.64. The predicted molar refractivity (Wildman–Crippen MR) is 120 cm³/mol. The minimum atomic E-state index is -0.405. The minimum Gasteiger partial charge on any atom is -0.462 e. The molecule has 0 aromatic carbocycles. The zero-order valence-corrected chi connectivity index (χ0v) is 20.3. The summed E-state index contributed by atoms with van der Waals surface area (Å²) in [5.74, 6) is 1.29. The molecule has 0 aromatic heterocycles. The zero-order valence-electron chi connectivity index (χ0n) is 20.3. The predicted octanol–water partition coefficient (Wildman–Crippen LogP) is 4.94. The molecule has 0 radical (unpaired) electrons. The molecule has 182 valence electrons. The average molecular weight is 451 g/mol. The fourth-order valence-corrected chi connectivity index (χ4v) is 7.30. The van der Waals surface area contributed by atoms with Gasteiger partial charge in [-0.2, -0.15) is 4.89 Å². The zero-order chi connectivity index (χ0) is 23.1. The van der Waals surface area contributed by atoms with E-state index in [0.29, 0.717) is 30.6 Å². The molecule has 0 aromatic rings. The molecule has 4 fully saturated rings. The number of rotatable bonds is 7. The molecule has 6 nitrogen and oxygen atoms in total. The number of ether oxygens (including phenoxy) is 2. The van der Waals surface area contributed by atoms with E-state index in [1.807, 2.05) is 6.92 Å². The Morgan fingerprint density at radius 2 is 1.94 bits per heavy atom. The van der Waals surface area contributed by atoms with Gasteiger partial charge >= 0.3 is 5.97 Å². The van der Waals surface area contributed by atoms with Crippen molar-refractivity contribution in [2.24, 2.45) is 28.6 Å². The summed E-state index contributed by atoms with van der Waals surface area (Å²) < 4.78 is 12.4. The Morgan fingerprint density at radius 3 is 2.66 bits per heavy atom. The molecular weight excluding hydrogens is 408 g/mol. The van der Waals surface area contributed by atoms with Crippen molar-refractivity contribution in [3.63, 3.8) is 0 Å². The van der Waals surface area contributed by atoms with E-state index in [1.54, 1.807) is 0 Å². The van der Waals surface area contributed by atoms with Gasteiger partial charge in [0.2, 0.25) is 0 Å². The van der Waals surface area contributed by atoms with Crippen LogP contribution in [0, 0.1) is 28.6 Å². The van der Waals surface area contributed by atoms with Gasteiger partial charge < -0.3 is 19.5 Å². The highest BCUT2D eigenvalue weighted by Gasteiger charge is 2.64. The van der Waals surface area contributed by atoms with Gasteiger partial charge in [0, 0.05) is 24.2 Å². The first-order chi connectivity index (χ1) is 15.2. The maximum atomic E-state index is 12.0. The lowest BCUT2D eigenvalue weighted by Gasteiger charge is -2.61. The maximum absolute atomic E-state index is 12.0. The molecule has 1 saturated heterocycles. The summed E-state index contributed by atoms with van der Waals surface area (Å²) in [4.78, 5) is 23.2. The normalized spacial score (nSPS) is 45.3. The van der Waals surface area contributed by atoms with Crippen LogP contribution in [0.5, 0.6) is 0 Å². The summed E-state index contributed by atoms with van der Waals surface area (Å²) >= 11 is 0. The molecule has 5 unspecified atom stereocenters. The second kappa shape index (κ2) is 9.27. The van der Waals surface area contributed by atoms with Gasteiger partial charge in [-0.3, -0.25) is 4.79 Å². The molecule has 4 aliphatic rings. The topological polar surface area (TPSA) is 74.2 Å². The van der Waals surface area contributed by atoms with Gasteiger partial charge in [-0.05, 0) is 62.2 Å². The lowest BCUT2D eigenvalue weighted by molar-refractivity contribution is -0.318. The van der Waals surface area contributed by atoms with Crippen LogP contribution in [0.25, 0.3) is 0 Å². The Balaban J connectivity index is 1.45. The van der Waals surface area contributed by atoms with Crippen molar-refractivity contribution in [3.05, 3.63) is 12.3 Å². The summed E-state index contributed by atoms with van der Waals surface area (Å²) in [5.41, 5.74) is -0.201. The molecule has 6 heteroatoms. The summed E-state index contributed by atoms with van der Waals surface area (Å²) in [6.45, 7) is 13.0. The summed E-state index contributed by atoms with van der Waals surface area (Å²) in [5, 5.41) is 11.3. The molecule has 4 rings (SSSR count). The third-order valence-electron chi connectivity index (χ3n) is 9.21. The summed E-state index contributed by atoms with van der Waals surface area (Å²) in [6, 6.07) is 0. The third kappa shape index (κ3) is 4.12. The van der Waals surface area contributed by atoms with Crippen LogP contribution in [0.2, 0.25) is 0 Å². The van der Waals surface area contributed by atoms with E-state index >= 15 is 0 Å². The van der Waals surface area contributed by atoms with E-state index in [-0.39, 0.29) is 41.0 Å². The first-order valence-corrected chi connectivity index (χ1v) is 12.7. The van der Waals surface area contributed by atoms with Gasteiger partial charge in [-0.15, -0.1) is 0 Å².